The van der Waals surface area contributed by atoms with Crippen molar-refractivity contribution in [3.63, 3.8) is 0 Å². The molecule has 0 aliphatic carbocycles. The fraction of sp³-hybridized carbons (Fsp3) is 0.625. The largest absolute Gasteiger partial charge is 0.370 e. The van der Waals surface area contributed by atoms with Crippen LogP contribution >= 0.6 is 0 Å². The summed E-state index contributed by atoms with van der Waals surface area (Å²) in [7, 11) is 0. The van der Waals surface area contributed by atoms with Crippen LogP contribution < -0.4 is 0 Å². The number of hydrogen-bond donors (Lipinski definition) is 0. The summed E-state index contributed by atoms with van der Waals surface area (Å²) in [5, 5.41) is 0. The van der Waals surface area contributed by atoms with Crippen LogP contribution in [-0.2, 0) is 30.3 Å². The molecular weight excluding hydrogens is 272 g/mol. The lowest BCUT2D eigenvalue weighted by atomic mass is 10.1. The van der Waals surface area contributed by atoms with Crippen LogP contribution in [0, 0.1) is 0 Å². The molecule has 0 saturated carbocycles. The Hall–Kier alpha value is -0.980. The van der Waals surface area contributed by atoms with Gasteiger partial charge in [-0.15, -0.1) is 0 Å². The lowest BCUT2D eigenvalue weighted by Crippen LogP contribution is -2.39. The standard InChI is InChI=1S/C16H20O5/c1-16(2)20-14-13(18-8-10-6-4-3-5-7-10)12(11-9-17-11)19-15(14)21-16/h3-7,11-15H,8-9H2,1-2H3/t11?,12-,13-,14-,15-/m1/s1. The van der Waals surface area contributed by atoms with Crippen molar-refractivity contribution in [2.75, 3.05) is 6.61 Å². The number of ether oxygens (including phenoxy) is 5. The summed E-state index contributed by atoms with van der Waals surface area (Å²) in [6, 6.07) is 10.1. The fourth-order valence-corrected chi connectivity index (χ4v) is 3.01. The maximum Gasteiger partial charge on any atom is 0.190 e. The van der Waals surface area contributed by atoms with E-state index in [1.54, 1.807) is 0 Å². The predicted molar refractivity (Wildman–Crippen MR) is 73.5 cm³/mol. The average molecular weight is 292 g/mol. The molecule has 0 aromatic heterocycles. The average Bonchev–Trinajstić information content (AvgIpc) is 3.18. The van der Waals surface area contributed by atoms with E-state index < -0.39 is 5.79 Å². The lowest BCUT2D eigenvalue weighted by Gasteiger charge is -2.25. The maximum atomic E-state index is 6.10. The zero-order valence-corrected chi connectivity index (χ0v) is 12.2. The van der Waals surface area contributed by atoms with E-state index in [2.05, 4.69) is 0 Å². The number of epoxide rings is 1. The van der Waals surface area contributed by atoms with Crippen molar-refractivity contribution < 1.29 is 23.7 Å². The summed E-state index contributed by atoms with van der Waals surface area (Å²) < 4.78 is 29.2. The van der Waals surface area contributed by atoms with Crippen LogP contribution in [0.25, 0.3) is 0 Å². The van der Waals surface area contributed by atoms with Gasteiger partial charge in [-0.1, -0.05) is 30.3 Å². The Kier molecular flexibility index (Phi) is 3.28. The first kappa shape index (κ1) is 13.7. The van der Waals surface area contributed by atoms with Gasteiger partial charge in [0.2, 0.25) is 0 Å². The summed E-state index contributed by atoms with van der Waals surface area (Å²) in [5.74, 6) is -0.626. The first-order valence-corrected chi connectivity index (χ1v) is 7.41. The van der Waals surface area contributed by atoms with Gasteiger partial charge >= 0.3 is 0 Å². The van der Waals surface area contributed by atoms with E-state index in [0.29, 0.717) is 6.61 Å². The van der Waals surface area contributed by atoms with Crippen molar-refractivity contribution in [2.45, 2.75) is 56.9 Å². The second-order valence-electron chi connectivity index (χ2n) is 6.20. The Morgan fingerprint density at radius 3 is 2.62 bits per heavy atom. The second-order valence-corrected chi connectivity index (χ2v) is 6.20. The molecule has 114 valence electrons. The van der Waals surface area contributed by atoms with Gasteiger partial charge in [0, 0.05) is 0 Å². The molecule has 0 N–H and O–H groups in total. The molecule has 5 atom stereocenters. The smallest absolute Gasteiger partial charge is 0.190 e. The first-order valence-electron chi connectivity index (χ1n) is 7.41. The van der Waals surface area contributed by atoms with Gasteiger partial charge in [-0.25, -0.2) is 0 Å². The van der Waals surface area contributed by atoms with Gasteiger partial charge in [0.1, 0.15) is 24.4 Å². The first-order chi connectivity index (χ1) is 10.1. The minimum atomic E-state index is -0.626. The van der Waals surface area contributed by atoms with E-state index in [-0.39, 0.29) is 30.7 Å². The molecule has 5 heteroatoms. The minimum Gasteiger partial charge on any atom is -0.370 e. The predicted octanol–water partition coefficient (Wildman–Crippen LogP) is 1.85. The third-order valence-corrected chi connectivity index (χ3v) is 4.04. The summed E-state index contributed by atoms with van der Waals surface area (Å²) in [5.41, 5.74) is 1.13. The molecular formula is C16H20O5. The molecule has 4 rings (SSSR count). The van der Waals surface area contributed by atoms with Crippen molar-refractivity contribution >= 4 is 0 Å². The monoisotopic (exact) mass is 292 g/mol. The van der Waals surface area contributed by atoms with E-state index in [4.69, 9.17) is 23.7 Å². The maximum absolute atomic E-state index is 6.10. The molecule has 3 heterocycles. The Labute approximate surface area is 124 Å². The number of rotatable bonds is 4. The summed E-state index contributed by atoms with van der Waals surface area (Å²) >= 11 is 0. The van der Waals surface area contributed by atoms with Crippen molar-refractivity contribution in [2.24, 2.45) is 0 Å². The molecule has 0 amide bonds. The lowest BCUT2D eigenvalue weighted by molar-refractivity contribution is -0.221. The molecule has 5 nitrogen and oxygen atoms in total. The number of fused-ring (bicyclic) bond motifs is 1. The number of benzene rings is 1. The zero-order chi connectivity index (χ0) is 14.4. The highest BCUT2D eigenvalue weighted by atomic mass is 16.8. The van der Waals surface area contributed by atoms with Crippen LogP contribution in [0.3, 0.4) is 0 Å². The van der Waals surface area contributed by atoms with Crippen molar-refractivity contribution in [3.05, 3.63) is 35.9 Å². The molecule has 3 fully saturated rings. The van der Waals surface area contributed by atoms with Crippen LogP contribution in [0.5, 0.6) is 0 Å². The van der Waals surface area contributed by atoms with Crippen molar-refractivity contribution in [3.8, 4) is 0 Å². The van der Waals surface area contributed by atoms with E-state index in [9.17, 15) is 0 Å². The summed E-state index contributed by atoms with van der Waals surface area (Å²) in [4.78, 5) is 0. The Balaban J connectivity index is 1.47. The number of hydrogen-bond acceptors (Lipinski definition) is 5. The van der Waals surface area contributed by atoms with Crippen LogP contribution in [0.15, 0.2) is 30.3 Å². The second kappa shape index (κ2) is 5.04. The van der Waals surface area contributed by atoms with Crippen LogP contribution in [-0.4, -0.2) is 43.1 Å². The normalized spacial score (nSPS) is 40.2. The van der Waals surface area contributed by atoms with Crippen LogP contribution in [0.1, 0.15) is 19.4 Å². The highest BCUT2D eigenvalue weighted by Gasteiger charge is 2.59. The zero-order valence-electron chi connectivity index (χ0n) is 12.2. The molecule has 0 radical (unpaired) electrons. The highest BCUT2D eigenvalue weighted by Crippen LogP contribution is 2.42. The van der Waals surface area contributed by atoms with Gasteiger partial charge in [0.25, 0.3) is 0 Å². The summed E-state index contributed by atoms with van der Waals surface area (Å²) in [6.45, 7) is 5.04. The third-order valence-electron chi connectivity index (χ3n) is 4.04. The minimum absolute atomic E-state index is 0.103. The topological polar surface area (TPSA) is 49.5 Å². The quantitative estimate of drug-likeness (QED) is 0.793. The van der Waals surface area contributed by atoms with Gasteiger partial charge in [-0.2, -0.15) is 0 Å². The Morgan fingerprint density at radius 1 is 1.14 bits per heavy atom. The molecule has 3 saturated heterocycles. The van der Waals surface area contributed by atoms with Gasteiger partial charge in [0.05, 0.1) is 13.2 Å². The van der Waals surface area contributed by atoms with E-state index in [1.807, 2.05) is 44.2 Å². The molecule has 1 aromatic carbocycles. The summed E-state index contributed by atoms with van der Waals surface area (Å²) in [6.07, 6.45) is -0.733. The van der Waals surface area contributed by atoms with Crippen molar-refractivity contribution in [1.29, 1.82) is 0 Å². The SMILES string of the molecule is CC1(C)O[C@H]2O[C@H](C3CO3)[C@@H](OCc3ccccc3)[C@H]2O1. The highest BCUT2D eigenvalue weighted by molar-refractivity contribution is 5.13. The van der Waals surface area contributed by atoms with E-state index in [0.717, 1.165) is 12.2 Å². The van der Waals surface area contributed by atoms with Gasteiger partial charge < -0.3 is 23.7 Å². The van der Waals surface area contributed by atoms with Crippen LogP contribution in [0.2, 0.25) is 0 Å². The molecule has 1 aromatic rings. The van der Waals surface area contributed by atoms with Crippen LogP contribution in [0.4, 0.5) is 0 Å². The molecule has 3 aliphatic heterocycles. The molecule has 0 bridgehead atoms. The fourth-order valence-electron chi connectivity index (χ4n) is 3.01. The van der Waals surface area contributed by atoms with Gasteiger partial charge in [-0.05, 0) is 19.4 Å². The molecule has 3 aliphatic rings. The molecule has 21 heavy (non-hydrogen) atoms. The molecule has 0 spiro atoms. The molecule has 1 unspecified atom stereocenters. The van der Waals surface area contributed by atoms with Gasteiger partial charge in [0.15, 0.2) is 12.1 Å². The van der Waals surface area contributed by atoms with Gasteiger partial charge in [-0.3, -0.25) is 0 Å². The Bertz CT molecular complexity index is 499. The van der Waals surface area contributed by atoms with Crippen molar-refractivity contribution in [1.82, 2.24) is 0 Å². The third kappa shape index (κ3) is 2.72. The Morgan fingerprint density at radius 2 is 1.90 bits per heavy atom. The van der Waals surface area contributed by atoms with E-state index >= 15 is 0 Å². The van der Waals surface area contributed by atoms with E-state index in [1.165, 1.54) is 0 Å².